The molecule has 2 aromatic heterocycles. The smallest absolute Gasteiger partial charge is 0.166 e. The summed E-state index contributed by atoms with van der Waals surface area (Å²) in [7, 11) is 0. The number of hydrogen-bond acceptors (Lipinski definition) is 4. The first-order valence-corrected chi connectivity index (χ1v) is 18.9. The van der Waals surface area contributed by atoms with Crippen molar-refractivity contribution < 1.29 is 26.3 Å². The minimum Gasteiger partial charge on any atom is -0.166 e. The van der Waals surface area contributed by atoms with Crippen LogP contribution in [0, 0.1) is 12.1 Å². The Morgan fingerprint density at radius 3 is 1.24 bits per heavy atom. The van der Waals surface area contributed by atoms with Gasteiger partial charge in [0.15, 0.2) is 0 Å². The van der Waals surface area contributed by atoms with Gasteiger partial charge in [0.25, 0.3) is 0 Å². The van der Waals surface area contributed by atoms with E-state index in [0.29, 0.717) is 28.8 Å². The average molecular weight is 761 g/mol. The molecular formula is C43H46F6N6. The van der Waals surface area contributed by atoms with Crippen LogP contribution in [0.3, 0.4) is 0 Å². The van der Waals surface area contributed by atoms with Crippen LogP contribution in [-0.4, -0.2) is 30.0 Å². The van der Waals surface area contributed by atoms with Crippen LogP contribution in [0.1, 0.15) is 126 Å². The van der Waals surface area contributed by atoms with Gasteiger partial charge >= 0.3 is 12.4 Å². The van der Waals surface area contributed by atoms with Crippen molar-refractivity contribution in [3.8, 4) is 11.4 Å². The summed E-state index contributed by atoms with van der Waals surface area (Å²) in [6.45, 7) is 13.0. The molecule has 0 atom stereocenters. The number of benzene rings is 4. The minimum atomic E-state index is -4.52. The Labute approximate surface area is 317 Å². The van der Waals surface area contributed by atoms with E-state index in [9.17, 15) is 26.3 Å². The molecule has 0 amide bonds. The molecule has 0 aliphatic carbocycles. The summed E-state index contributed by atoms with van der Waals surface area (Å²) >= 11 is 0. The topological polar surface area (TPSA) is 61.4 Å². The molecule has 55 heavy (non-hydrogen) atoms. The molecule has 290 valence electrons. The van der Waals surface area contributed by atoms with Crippen LogP contribution >= 0.6 is 0 Å². The lowest BCUT2D eigenvalue weighted by atomic mass is 9.78. The third kappa shape index (κ3) is 9.22. The van der Waals surface area contributed by atoms with Gasteiger partial charge in [-0.3, -0.25) is 0 Å². The Hall–Kier alpha value is -4.74. The van der Waals surface area contributed by atoms with Crippen molar-refractivity contribution in [2.24, 2.45) is 0 Å². The van der Waals surface area contributed by atoms with Gasteiger partial charge in [-0.25, -0.2) is 0 Å². The fraction of sp³-hybridized carbons (Fsp3) is 0.442. The fourth-order valence-corrected chi connectivity index (χ4v) is 6.94. The SMILES string of the molecule is CCCCCC(C)(C)c1cc(Cc2[c]c(-n3nc4ccc(C(F)(F)F)cc4n3)cc(C(C)(C)CCCCC)c2)[c]c(-n2nc3ccc(C(F)(F)F)cc3n2)c1. The van der Waals surface area contributed by atoms with E-state index >= 15 is 0 Å². The standard InChI is InChI=1S/C43H46F6N6/c1-7-9-11-17-40(3,4)32-20-28(22-34(24-32)54-50-36-15-13-30(42(44,45)46)26-38(36)52-54)19-29-21-33(41(5,6)18-12-10-8-2)25-35(23-29)55-51-37-16-14-31(43(47,48)49)27-39(37)53-55/h13-16,20-21,24-27H,7-12,17-19H2,1-6H3. The predicted octanol–water partition coefficient (Wildman–Crippen LogP) is 12.1. The van der Waals surface area contributed by atoms with Gasteiger partial charge in [0.05, 0.1) is 22.5 Å². The van der Waals surface area contributed by atoms with Crippen molar-refractivity contribution in [1.29, 1.82) is 0 Å². The van der Waals surface area contributed by atoms with E-state index in [0.717, 1.165) is 97.9 Å². The highest BCUT2D eigenvalue weighted by Gasteiger charge is 2.32. The maximum absolute atomic E-state index is 13.5. The maximum Gasteiger partial charge on any atom is 0.416 e. The lowest BCUT2D eigenvalue weighted by Gasteiger charge is -2.27. The molecule has 0 fully saturated rings. The summed E-state index contributed by atoms with van der Waals surface area (Å²) < 4.78 is 81.2. The van der Waals surface area contributed by atoms with E-state index in [1.54, 1.807) is 0 Å². The number of rotatable bonds is 14. The summed E-state index contributed by atoms with van der Waals surface area (Å²) in [5.74, 6) is 0. The number of nitrogens with zero attached hydrogens (tertiary/aromatic N) is 6. The molecule has 0 aliphatic rings. The van der Waals surface area contributed by atoms with Crippen LogP contribution in [0.25, 0.3) is 33.4 Å². The Bertz CT molecular complexity index is 2120. The number of hydrogen-bond donors (Lipinski definition) is 0. The van der Waals surface area contributed by atoms with Crippen LogP contribution in [-0.2, 0) is 29.6 Å². The zero-order valence-electron chi connectivity index (χ0n) is 32.1. The third-order valence-electron chi connectivity index (χ3n) is 10.4. The van der Waals surface area contributed by atoms with Crippen LogP contribution in [0.4, 0.5) is 26.3 Å². The van der Waals surface area contributed by atoms with Crippen molar-refractivity contribution in [1.82, 2.24) is 30.0 Å². The van der Waals surface area contributed by atoms with E-state index in [1.807, 2.05) is 12.1 Å². The molecule has 0 spiro atoms. The molecule has 0 N–H and O–H groups in total. The molecule has 12 heteroatoms. The summed E-state index contributed by atoms with van der Waals surface area (Å²) in [6, 6.07) is 21.7. The Morgan fingerprint density at radius 2 is 0.873 bits per heavy atom. The predicted molar refractivity (Wildman–Crippen MR) is 203 cm³/mol. The van der Waals surface area contributed by atoms with Gasteiger partial charge in [0, 0.05) is 12.1 Å². The molecule has 0 aliphatic heterocycles. The fourth-order valence-electron chi connectivity index (χ4n) is 6.94. The Morgan fingerprint density at radius 1 is 0.491 bits per heavy atom. The first-order chi connectivity index (χ1) is 25.9. The lowest BCUT2D eigenvalue weighted by molar-refractivity contribution is -0.138. The zero-order chi connectivity index (χ0) is 39.8. The first kappa shape index (κ1) is 39.9. The van der Waals surface area contributed by atoms with Crippen molar-refractivity contribution in [2.75, 3.05) is 0 Å². The molecule has 6 rings (SSSR count). The van der Waals surface area contributed by atoms with Crippen molar-refractivity contribution >= 4 is 22.1 Å². The molecule has 0 bridgehead atoms. The van der Waals surface area contributed by atoms with Gasteiger partial charge in [0.2, 0.25) is 0 Å². The number of unbranched alkanes of at least 4 members (excludes halogenated alkanes) is 4. The van der Waals surface area contributed by atoms with Crippen LogP contribution < -0.4 is 0 Å². The Balaban J connectivity index is 1.46. The summed E-state index contributed by atoms with van der Waals surface area (Å²) in [5.41, 5.74) is 3.41. The van der Waals surface area contributed by atoms with E-state index in [1.165, 1.54) is 21.7 Å². The summed E-state index contributed by atoms with van der Waals surface area (Å²) in [6.07, 6.45) is -0.451. The molecule has 0 saturated heterocycles. The molecule has 2 heterocycles. The van der Waals surface area contributed by atoms with Gasteiger partial charge in [0.1, 0.15) is 22.1 Å². The maximum atomic E-state index is 13.5. The second-order valence-electron chi connectivity index (χ2n) is 15.8. The van der Waals surface area contributed by atoms with Gasteiger partial charge in [-0.2, -0.15) is 26.3 Å². The quantitative estimate of drug-likeness (QED) is 0.0819. The van der Waals surface area contributed by atoms with Crippen molar-refractivity contribution in [2.45, 2.75) is 123 Å². The first-order valence-electron chi connectivity index (χ1n) is 18.9. The molecule has 0 saturated carbocycles. The highest BCUT2D eigenvalue weighted by atomic mass is 19.4. The summed E-state index contributed by atoms with van der Waals surface area (Å²) in [5, 5.41) is 18.0. The van der Waals surface area contributed by atoms with E-state index < -0.39 is 23.5 Å². The second-order valence-corrected chi connectivity index (χ2v) is 15.8. The third-order valence-corrected chi connectivity index (χ3v) is 10.4. The second kappa shape index (κ2) is 15.4. The monoisotopic (exact) mass is 760 g/mol. The lowest BCUT2D eigenvalue weighted by Crippen LogP contribution is -2.19. The van der Waals surface area contributed by atoms with Gasteiger partial charge in [-0.05, 0) is 101 Å². The number of alkyl halides is 6. The highest BCUT2D eigenvalue weighted by Crippen LogP contribution is 2.36. The molecule has 6 aromatic rings. The van der Waals surface area contributed by atoms with Crippen molar-refractivity contribution in [3.63, 3.8) is 0 Å². The molecule has 0 unspecified atom stereocenters. The number of halogens is 6. The van der Waals surface area contributed by atoms with E-state index in [4.69, 9.17) is 0 Å². The van der Waals surface area contributed by atoms with Gasteiger partial charge < -0.3 is 0 Å². The van der Waals surface area contributed by atoms with Gasteiger partial charge in [-0.15, -0.1) is 30.0 Å². The van der Waals surface area contributed by atoms with Gasteiger partial charge in [-0.1, -0.05) is 92.2 Å². The van der Waals surface area contributed by atoms with Crippen LogP contribution in [0.15, 0.2) is 60.7 Å². The largest absolute Gasteiger partial charge is 0.416 e. The van der Waals surface area contributed by atoms with E-state index in [-0.39, 0.29) is 21.9 Å². The van der Waals surface area contributed by atoms with Crippen LogP contribution in [0.2, 0.25) is 0 Å². The molecule has 6 nitrogen and oxygen atoms in total. The van der Waals surface area contributed by atoms with E-state index in [2.05, 4.69) is 86.2 Å². The van der Waals surface area contributed by atoms with Crippen molar-refractivity contribution in [3.05, 3.63) is 106 Å². The minimum absolute atomic E-state index is 0.120. The zero-order valence-corrected chi connectivity index (χ0v) is 32.1. The van der Waals surface area contributed by atoms with Crippen LogP contribution in [0.5, 0.6) is 0 Å². The number of aromatic nitrogens is 6. The average Bonchev–Trinajstić information content (AvgIpc) is 3.75. The number of fused-ring (bicyclic) bond motifs is 2. The molecular weight excluding hydrogens is 715 g/mol. The Kier molecular flexibility index (Phi) is 11.2. The summed E-state index contributed by atoms with van der Waals surface area (Å²) in [4.78, 5) is 2.69. The highest BCUT2D eigenvalue weighted by molar-refractivity contribution is 5.75. The molecule has 2 radical (unpaired) electrons. The normalized spacial score (nSPS) is 13.0. The molecule has 4 aromatic carbocycles.